The normalized spacial score (nSPS) is 12.1. The maximum absolute atomic E-state index is 11.6. The van der Waals surface area contributed by atoms with E-state index < -0.39 is 0 Å². The minimum Gasteiger partial charge on any atom is -0.354 e. The first-order chi connectivity index (χ1) is 8.22. The SMILES string of the molecule is CCCC(C)NC(=O)CCCc1ccccc1. The van der Waals surface area contributed by atoms with E-state index in [0.717, 1.165) is 25.7 Å². The molecule has 0 spiro atoms. The van der Waals surface area contributed by atoms with Crippen LogP contribution in [0.3, 0.4) is 0 Å². The summed E-state index contributed by atoms with van der Waals surface area (Å²) in [7, 11) is 0. The average molecular weight is 233 g/mol. The van der Waals surface area contributed by atoms with Crippen LogP contribution in [-0.4, -0.2) is 11.9 Å². The van der Waals surface area contributed by atoms with Crippen LogP contribution in [0, 0.1) is 0 Å². The van der Waals surface area contributed by atoms with E-state index in [2.05, 4.69) is 31.3 Å². The summed E-state index contributed by atoms with van der Waals surface area (Å²) in [5, 5.41) is 3.03. The highest BCUT2D eigenvalue weighted by atomic mass is 16.1. The number of carbonyl (C=O) groups is 1. The van der Waals surface area contributed by atoms with E-state index in [1.54, 1.807) is 0 Å². The summed E-state index contributed by atoms with van der Waals surface area (Å²) in [5.41, 5.74) is 1.31. The Morgan fingerprint density at radius 1 is 1.29 bits per heavy atom. The molecule has 17 heavy (non-hydrogen) atoms. The summed E-state index contributed by atoms with van der Waals surface area (Å²) in [6.45, 7) is 4.21. The fourth-order valence-electron chi connectivity index (χ4n) is 1.95. The standard InChI is InChI=1S/C15H23NO/c1-3-8-13(2)16-15(17)12-7-11-14-9-5-4-6-10-14/h4-6,9-10,13H,3,7-8,11-12H2,1-2H3,(H,16,17). The summed E-state index contributed by atoms with van der Waals surface area (Å²) in [6, 6.07) is 10.6. The largest absolute Gasteiger partial charge is 0.354 e. The van der Waals surface area contributed by atoms with Gasteiger partial charge in [-0.25, -0.2) is 0 Å². The molecule has 1 unspecified atom stereocenters. The Hall–Kier alpha value is -1.31. The number of rotatable bonds is 7. The van der Waals surface area contributed by atoms with Gasteiger partial charge >= 0.3 is 0 Å². The van der Waals surface area contributed by atoms with Gasteiger partial charge in [-0.2, -0.15) is 0 Å². The first-order valence-corrected chi connectivity index (χ1v) is 6.55. The van der Waals surface area contributed by atoms with Crippen LogP contribution in [0.15, 0.2) is 30.3 Å². The van der Waals surface area contributed by atoms with Crippen LogP contribution in [0.25, 0.3) is 0 Å². The smallest absolute Gasteiger partial charge is 0.220 e. The van der Waals surface area contributed by atoms with E-state index in [1.807, 2.05) is 18.2 Å². The summed E-state index contributed by atoms with van der Waals surface area (Å²) in [6.07, 6.45) is 4.71. The predicted molar refractivity (Wildman–Crippen MR) is 71.9 cm³/mol. The monoisotopic (exact) mass is 233 g/mol. The molecule has 0 bridgehead atoms. The zero-order chi connectivity index (χ0) is 12.5. The number of aryl methyl sites for hydroxylation is 1. The highest BCUT2D eigenvalue weighted by molar-refractivity contribution is 5.76. The van der Waals surface area contributed by atoms with Crippen molar-refractivity contribution in [1.29, 1.82) is 0 Å². The molecule has 0 aromatic heterocycles. The molecule has 0 fully saturated rings. The minimum absolute atomic E-state index is 0.182. The van der Waals surface area contributed by atoms with E-state index in [1.165, 1.54) is 5.56 Å². The molecule has 0 saturated heterocycles. The lowest BCUT2D eigenvalue weighted by molar-refractivity contribution is -0.121. The van der Waals surface area contributed by atoms with Gasteiger partial charge in [0.2, 0.25) is 5.91 Å². The van der Waals surface area contributed by atoms with Gasteiger partial charge < -0.3 is 5.32 Å². The van der Waals surface area contributed by atoms with Crippen LogP contribution in [0.4, 0.5) is 0 Å². The second kappa shape index (κ2) is 7.88. The second-order valence-corrected chi connectivity index (χ2v) is 4.60. The predicted octanol–water partition coefficient (Wildman–Crippen LogP) is 3.31. The summed E-state index contributed by atoms with van der Waals surface area (Å²) in [5.74, 6) is 0.182. The Balaban J connectivity index is 2.16. The zero-order valence-corrected chi connectivity index (χ0v) is 10.9. The molecule has 0 saturated carbocycles. The van der Waals surface area contributed by atoms with Crippen LogP contribution in [0.1, 0.15) is 45.1 Å². The van der Waals surface area contributed by atoms with Crippen LogP contribution in [-0.2, 0) is 11.2 Å². The Bertz CT molecular complexity index is 321. The van der Waals surface area contributed by atoms with E-state index in [4.69, 9.17) is 0 Å². The molecular formula is C15H23NO. The number of hydrogen-bond donors (Lipinski definition) is 1. The maximum Gasteiger partial charge on any atom is 0.220 e. The van der Waals surface area contributed by atoms with Gasteiger partial charge in [0.15, 0.2) is 0 Å². The molecule has 1 aromatic carbocycles. The quantitative estimate of drug-likeness (QED) is 0.769. The summed E-state index contributed by atoms with van der Waals surface area (Å²) < 4.78 is 0. The van der Waals surface area contributed by atoms with E-state index in [-0.39, 0.29) is 5.91 Å². The molecule has 1 rings (SSSR count). The molecule has 94 valence electrons. The average Bonchev–Trinajstić information content (AvgIpc) is 2.30. The zero-order valence-electron chi connectivity index (χ0n) is 10.9. The van der Waals surface area contributed by atoms with Crippen LogP contribution in [0.5, 0.6) is 0 Å². The third-order valence-corrected chi connectivity index (χ3v) is 2.84. The second-order valence-electron chi connectivity index (χ2n) is 4.60. The summed E-state index contributed by atoms with van der Waals surface area (Å²) in [4.78, 5) is 11.6. The number of carbonyl (C=O) groups excluding carboxylic acids is 1. The lowest BCUT2D eigenvalue weighted by atomic mass is 10.1. The molecule has 2 heteroatoms. The Morgan fingerprint density at radius 3 is 2.65 bits per heavy atom. The summed E-state index contributed by atoms with van der Waals surface area (Å²) >= 11 is 0. The number of benzene rings is 1. The third-order valence-electron chi connectivity index (χ3n) is 2.84. The molecule has 1 amide bonds. The molecule has 2 nitrogen and oxygen atoms in total. The highest BCUT2D eigenvalue weighted by Crippen LogP contribution is 2.05. The molecule has 0 heterocycles. The van der Waals surface area contributed by atoms with Crippen molar-refractivity contribution in [2.24, 2.45) is 0 Å². The van der Waals surface area contributed by atoms with Gasteiger partial charge in [-0.3, -0.25) is 4.79 Å². The van der Waals surface area contributed by atoms with Gasteiger partial charge in [0.1, 0.15) is 0 Å². The van der Waals surface area contributed by atoms with Crippen molar-refractivity contribution in [2.45, 2.75) is 52.0 Å². The van der Waals surface area contributed by atoms with Gasteiger partial charge in [0, 0.05) is 12.5 Å². The first-order valence-electron chi connectivity index (χ1n) is 6.55. The van der Waals surface area contributed by atoms with Crippen molar-refractivity contribution in [3.05, 3.63) is 35.9 Å². The van der Waals surface area contributed by atoms with Crippen molar-refractivity contribution in [3.8, 4) is 0 Å². The van der Waals surface area contributed by atoms with Gasteiger partial charge in [-0.15, -0.1) is 0 Å². The van der Waals surface area contributed by atoms with Crippen LogP contribution >= 0.6 is 0 Å². The molecule has 0 aliphatic rings. The van der Waals surface area contributed by atoms with Crippen molar-refractivity contribution < 1.29 is 4.79 Å². The Labute approximate surface area is 104 Å². The van der Waals surface area contributed by atoms with Crippen LogP contribution < -0.4 is 5.32 Å². The van der Waals surface area contributed by atoms with E-state index in [9.17, 15) is 4.79 Å². The van der Waals surface area contributed by atoms with E-state index in [0.29, 0.717) is 12.5 Å². The third kappa shape index (κ3) is 6.10. The number of hydrogen-bond acceptors (Lipinski definition) is 1. The van der Waals surface area contributed by atoms with Gasteiger partial charge in [-0.05, 0) is 31.7 Å². The molecule has 0 radical (unpaired) electrons. The lowest BCUT2D eigenvalue weighted by Gasteiger charge is -2.12. The van der Waals surface area contributed by atoms with Gasteiger partial charge in [-0.1, -0.05) is 43.7 Å². The number of nitrogens with one attached hydrogen (secondary N) is 1. The van der Waals surface area contributed by atoms with Crippen molar-refractivity contribution in [3.63, 3.8) is 0 Å². The van der Waals surface area contributed by atoms with Crippen molar-refractivity contribution >= 4 is 5.91 Å². The van der Waals surface area contributed by atoms with Crippen LogP contribution in [0.2, 0.25) is 0 Å². The van der Waals surface area contributed by atoms with E-state index >= 15 is 0 Å². The fourth-order valence-corrected chi connectivity index (χ4v) is 1.95. The first kappa shape index (κ1) is 13.8. The molecular weight excluding hydrogens is 210 g/mol. The maximum atomic E-state index is 11.6. The molecule has 1 N–H and O–H groups in total. The number of amides is 1. The fraction of sp³-hybridized carbons (Fsp3) is 0.533. The van der Waals surface area contributed by atoms with Crippen molar-refractivity contribution in [2.75, 3.05) is 0 Å². The topological polar surface area (TPSA) is 29.1 Å². The molecule has 1 aromatic rings. The molecule has 0 aliphatic carbocycles. The lowest BCUT2D eigenvalue weighted by Crippen LogP contribution is -2.32. The minimum atomic E-state index is 0.182. The Kier molecular flexibility index (Phi) is 6.38. The molecule has 1 atom stereocenters. The Morgan fingerprint density at radius 2 is 2.00 bits per heavy atom. The van der Waals surface area contributed by atoms with Crippen molar-refractivity contribution in [1.82, 2.24) is 5.32 Å². The van der Waals surface area contributed by atoms with Gasteiger partial charge in [0.05, 0.1) is 0 Å². The highest BCUT2D eigenvalue weighted by Gasteiger charge is 2.05. The van der Waals surface area contributed by atoms with Gasteiger partial charge in [0.25, 0.3) is 0 Å². The molecule has 0 aliphatic heterocycles.